The third-order valence-corrected chi connectivity index (χ3v) is 16.6. The summed E-state index contributed by atoms with van der Waals surface area (Å²) in [4.78, 5) is 112. The number of hydrogen-bond donors (Lipinski definition) is 1. The van der Waals surface area contributed by atoms with Crippen LogP contribution < -0.4 is 9.80 Å². The maximum atomic E-state index is 14.4. The quantitative estimate of drug-likeness (QED) is 0.0510. The van der Waals surface area contributed by atoms with Gasteiger partial charge in [-0.2, -0.15) is 0 Å². The average molecular weight is 1270 g/mol. The average Bonchev–Trinajstić information content (AvgIpc) is 1.87. The monoisotopic (exact) mass is 1270 g/mol. The summed E-state index contributed by atoms with van der Waals surface area (Å²) >= 11 is 7.21. The van der Waals surface area contributed by atoms with Gasteiger partial charge in [0, 0.05) is 48.8 Å². The van der Waals surface area contributed by atoms with E-state index in [4.69, 9.17) is 35.3 Å². The Bertz CT molecular complexity index is 2750. The third kappa shape index (κ3) is 23.9. The van der Waals surface area contributed by atoms with Crippen LogP contribution in [0.25, 0.3) is 0 Å². The Morgan fingerprint density at radius 3 is 1.32 bits per heavy atom. The minimum Gasteiger partial charge on any atom is -0.477 e. The number of hydrogen-bond acceptors (Lipinski definition) is 17. The van der Waals surface area contributed by atoms with Crippen molar-refractivity contribution in [3.05, 3.63) is 31.6 Å². The number of esters is 1. The van der Waals surface area contributed by atoms with Crippen molar-refractivity contribution in [3.8, 4) is 23.7 Å². The molecule has 4 amide bonds. The SMILES string of the molecule is CC(C)OC(=O)OCCl.CC[C@@H](C(=O)N1CCOCC1)N(C(=O)C1CCC(C)CC1)c1cc(C#CC(C)(C)C)sc1C(=O)O.CC[C@@H](C(=O)N1CCOCC1)N(C(=O)C1CCC(C)CC1)c1cc(C#CC(C)(C)C)sc1C(=O)OCOC(=O)OC(C)C. The van der Waals surface area contributed by atoms with Crippen LogP contribution in [0.2, 0.25) is 0 Å². The van der Waals surface area contributed by atoms with Crippen molar-refractivity contribution in [2.45, 2.75) is 185 Å². The number of amides is 4. The third-order valence-electron chi connectivity index (χ3n) is 14.5. The molecule has 2 aliphatic carbocycles. The van der Waals surface area contributed by atoms with Crippen LogP contribution in [-0.2, 0) is 52.3 Å². The molecule has 2 saturated heterocycles. The lowest BCUT2D eigenvalue weighted by molar-refractivity contribution is -0.139. The lowest BCUT2D eigenvalue weighted by Crippen LogP contribution is -2.55. The molecule has 0 bridgehead atoms. The minimum atomic E-state index is -1.11. The zero-order valence-corrected chi connectivity index (χ0v) is 55.9. The normalized spacial score (nSPS) is 19.3. The van der Waals surface area contributed by atoms with E-state index in [1.807, 2.05) is 55.4 Å². The summed E-state index contributed by atoms with van der Waals surface area (Å²) in [5, 5.41) is 10.0. The van der Waals surface area contributed by atoms with Crippen LogP contribution in [0.1, 0.15) is 190 Å². The molecule has 87 heavy (non-hydrogen) atoms. The second kappa shape index (κ2) is 35.3. The Morgan fingerprint density at radius 1 is 0.609 bits per heavy atom. The van der Waals surface area contributed by atoms with Crippen LogP contribution in [0.3, 0.4) is 0 Å². The lowest BCUT2D eigenvalue weighted by atomic mass is 9.82. The molecule has 2 atom stereocenters. The summed E-state index contributed by atoms with van der Waals surface area (Å²) in [5.41, 5.74) is 0.0232. The van der Waals surface area contributed by atoms with Gasteiger partial charge in [-0.15, -0.1) is 22.7 Å². The summed E-state index contributed by atoms with van der Waals surface area (Å²) in [5.74, 6) is 10.6. The molecule has 484 valence electrons. The molecule has 0 radical (unpaired) electrons. The summed E-state index contributed by atoms with van der Waals surface area (Å²) in [6, 6.07) is 1.63. The van der Waals surface area contributed by atoms with E-state index in [2.05, 4.69) is 47.0 Å². The Hall–Kier alpha value is -5.91. The Kier molecular flexibility index (Phi) is 29.9. The topological polar surface area (TPSA) is 234 Å². The van der Waals surface area contributed by atoms with Crippen LogP contribution in [0.4, 0.5) is 21.0 Å². The van der Waals surface area contributed by atoms with Gasteiger partial charge in [0.25, 0.3) is 0 Å². The number of halogens is 1. The van der Waals surface area contributed by atoms with Gasteiger partial charge in [0.2, 0.25) is 30.4 Å². The van der Waals surface area contributed by atoms with Gasteiger partial charge in [0.1, 0.15) is 21.8 Å². The fourth-order valence-corrected chi connectivity index (χ4v) is 11.8. The van der Waals surface area contributed by atoms with Crippen molar-refractivity contribution in [2.75, 3.05) is 75.3 Å². The fraction of sp³-hybridized carbons (Fsp3) is 0.688. The van der Waals surface area contributed by atoms with E-state index in [0.29, 0.717) is 99.9 Å². The number of alkyl halides is 1. The molecule has 23 heteroatoms. The molecule has 2 aliphatic heterocycles. The molecule has 1 N–H and O–H groups in total. The number of carbonyl (C=O) groups is 8. The zero-order valence-electron chi connectivity index (χ0n) is 53.5. The molecule has 6 rings (SSSR count). The number of carboxylic acids is 1. The maximum Gasteiger partial charge on any atom is 0.511 e. The number of nitrogens with zero attached hydrogens (tertiary/aromatic N) is 4. The Labute approximate surface area is 527 Å². The molecule has 4 heterocycles. The molecule has 2 saturated carbocycles. The van der Waals surface area contributed by atoms with E-state index < -0.39 is 49.2 Å². The second-order valence-corrected chi connectivity index (χ2v) is 27.1. The Balaban J connectivity index is 0.000000331. The van der Waals surface area contributed by atoms with Gasteiger partial charge < -0.3 is 48.1 Å². The second-order valence-electron chi connectivity index (χ2n) is 24.8. The molecule has 0 unspecified atom stereocenters. The van der Waals surface area contributed by atoms with Gasteiger partial charge in [-0.1, -0.05) is 63.0 Å². The minimum absolute atomic E-state index is 0.0500. The molecule has 20 nitrogen and oxygen atoms in total. The number of rotatable bonds is 17. The first-order chi connectivity index (χ1) is 41.0. The fourth-order valence-electron chi connectivity index (χ4n) is 9.95. The number of thiophene rings is 2. The highest BCUT2D eigenvalue weighted by molar-refractivity contribution is 7.15. The van der Waals surface area contributed by atoms with Crippen molar-refractivity contribution in [3.63, 3.8) is 0 Å². The van der Waals surface area contributed by atoms with Crippen LogP contribution in [0, 0.1) is 58.2 Å². The number of morpholine rings is 2. The summed E-state index contributed by atoms with van der Waals surface area (Å²) in [6.45, 7) is 29.7. The predicted octanol–water partition coefficient (Wildman–Crippen LogP) is 12.0. The van der Waals surface area contributed by atoms with E-state index >= 15 is 0 Å². The number of aromatic carboxylic acids is 1. The number of carbonyl (C=O) groups excluding carboxylic acids is 7. The maximum absolute atomic E-state index is 14.4. The van der Waals surface area contributed by atoms with E-state index in [9.17, 15) is 43.5 Å². The van der Waals surface area contributed by atoms with Crippen LogP contribution in [-0.4, -0.2) is 153 Å². The number of ether oxygens (including phenoxy) is 7. The van der Waals surface area contributed by atoms with Gasteiger partial charge >= 0.3 is 24.2 Å². The zero-order chi connectivity index (χ0) is 64.8. The molecule has 4 fully saturated rings. The smallest absolute Gasteiger partial charge is 0.477 e. The standard InChI is InChI=1S/C32H46N2O8S.C27H38N2O5S.C5H9ClO3/c1-8-25(29(36)33-15-17-39-18-16-33)34(28(35)23-11-9-22(4)10-12-23)26-19-24(13-14-32(5,6)7)43-27(26)30(37)40-20-41-31(38)42-21(2)3;1-6-21(25(31)28-13-15-34-16-14-28)29(24(30)19-9-7-18(2)8-10-19)22-17-20(11-12-27(3,4)5)35-23(22)26(32)33;1-4(2)9-5(7)8-3-6/h19,21-23,25H,8-12,15-18,20H2,1-7H3;17-19,21H,6-10,13-16H2,1-5H3,(H,32,33);4H,3H2,1-2H3/t22?,23?,25-;18?,19?,21-;/m00./s1. The largest absolute Gasteiger partial charge is 0.511 e. The molecule has 0 aromatic carbocycles. The van der Waals surface area contributed by atoms with E-state index in [1.165, 1.54) is 9.80 Å². The summed E-state index contributed by atoms with van der Waals surface area (Å²) < 4.78 is 34.8. The van der Waals surface area contributed by atoms with Gasteiger partial charge in [0.05, 0.1) is 59.8 Å². The van der Waals surface area contributed by atoms with Gasteiger partial charge in [0.15, 0.2) is 6.07 Å². The van der Waals surface area contributed by atoms with Gasteiger partial charge in [-0.3, -0.25) is 29.0 Å². The summed E-state index contributed by atoms with van der Waals surface area (Å²) in [7, 11) is 0. The summed E-state index contributed by atoms with van der Waals surface area (Å²) in [6.07, 6.45) is 5.19. The first-order valence-electron chi connectivity index (χ1n) is 30.3. The molecular weight excluding hydrogens is 1180 g/mol. The molecule has 0 spiro atoms. The molecular formula is C64H93ClN4O16S2. The van der Waals surface area contributed by atoms with Crippen molar-refractivity contribution in [2.24, 2.45) is 34.5 Å². The van der Waals surface area contributed by atoms with E-state index in [-0.39, 0.29) is 79.6 Å². The molecule has 4 aliphatic rings. The highest BCUT2D eigenvalue weighted by atomic mass is 35.5. The number of anilines is 2. The van der Waals surface area contributed by atoms with Gasteiger partial charge in [-0.25, -0.2) is 19.2 Å². The highest BCUT2D eigenvalue weighted by Crippen LogP contribution is 2.40. The number of carboxylic acid groups (broad SMARTS) is 1. The Morgan fingerprint density at radius 2 is 0.977 bits per heavy atom. The van der Waals surface area contributed by atoms with Gasteiger partial charge in [-0.05, 0) is 157 Å². The van der Waals surface area contributed by atoms with E-state index in [1.54, 1.807) is 49.6 Å². The first-order valence-corrected chi connectivity index (χ1v) is 32.5. The van der Waals surface area contributed by atoms with Crippen molar-refractivity contribution in [1.29, 1.82) is 0 Å². The lowest BCUT2D eigenvalue weighted by Gasteiger charge is -2.38. The molecule has 2 aromatic heterocycles. The highest BCUT2D eigenvalue weighted by Gasteiger charge is 2.42. The molecule has 2 aromatic rings. The van der Waals surface area contributed by atoms with Crippen molar-refractivity contribution < 1.29 is 76.6 Å². The predicted molar refractivity (Wildman–Crippen MR) is 335 cm³/mol. The van der Waals surface area contributed by atoms with Crippen LogP contribution in [0.15, 0.2) is 12.1 Å². The van der Waals surface area contributed by atoms with Crippen LogP contribution >= 0.6 is 34.3 Å². The van der Waals surface area contributed by atoms with Crippen molar-refractivity contribution in [1.82, 2.24) is 9.80 Å². The van der Waals surface area contributed by atoms with E-state index in [0.717, 1.165) is 61.2 Å². The van der Waals surface area contributed by atoms with Crippen LogP contribution in [0.5, 0.6) is 0 Å². The van der Waals surface area contributed by atoms with Crippen molar-refractivity contribution >= 4 is 93.5 Å². The first kappa shape index (κ1) is 73.6.